The van der Waals surface area contributed by atoms with Crippen LogP contribution < -0.4 is 11.0 Å². The Hall–Kier alpha value is -1.52. The quantitative estimate of drug-likeness (QED) is 0.815. The van der Waals surface area contributed by atoms with Gasteiger partial charge in [0, 0.05) is 11.8 Å². The lowest BCUT2D eigenvalue weighted by molar-refractivity contribution is -0.123. The van der Waals surface area contributed by atoms with E-state index in [9.17, 15) is 9.59 Å². The Morgan fingerprint density at radius 3 is 2.95 bits per heavy atom. The second-order valence-electron chi connectivity index (χ2n) is 3.73. The van der Waals surface area contributed by atoms with Gasteiger partial charge in [-0.2, -0.15) is 4.52 Å². The highest BCUT2D eigenvalue weighted by Gasteiger charge is 2.27. The van der Waals surface area contributed by atoms with E-state index >= 15 is 0 Å². The number of hydrazine groups is 1. The number of carbonyl (C=O) groups is 1. The molecule has 0 unspecified atom stereocenters. The molecule has 1 amide bonds. The average Bonchev–Trinajstić information content (AvgIpc) is 2.87. The molecule has 1 aliphatic rings. The van der Waals surface area contributed by atoms with Crippen molar-refractivity contribution in [3.05, 3.63) is 22.1 Å². The molecular formula is C9H7N5O2S3. The number of aromatic nitrogens is 3. The van der Waals surface area contributed by atoms with Gasteiger partial charge in [0.15, 0.2) is 4.32 Å². The third-order valence-corrected chi connectivity index (χ3v) is 4.50. The molecular weight excluding hydrogens is 306 g/mol. The maximum absolute atomic E-state index is 11.7. The van der Waals surface area contributed by atoms with Crippen LogP contribution in [0.5, 0.6) is 0 Å². The number of thioether (sulfide) groups is 1. The lowest BCUT2D eigenvalue weighted by Gasteiger charge is -2.13. The predicted octanol–water partition coefficient (Wildman–Crippen LogP) is 0.647. The van der Waals surface area contributed by atoms with Crippen molar-refractivity contribution in [1.29, 1.82) is 0 Å². The first-order valence-electron chi connectivity index (χ1n) is 5.18. The molecule has 1 N–H and O–H groups in total. The molecule has 0 bridgehead atoms. The lowest BCUT2D eigenvalue weighted by Crippen LogP contribution is -2.34. The Kier molecular flexibility index (Phi) is 2.99. The largest absolute Gasteiger partial charge is 0.275 e. The van der Waals surface area contributed by atoms with E-state index in [-0.39, 0.29) is 11.5 Å². The van der Waals surface area contributed by atoms with Crippen LogP contribution in [0.3, 0.4) is 0 Å². The summed E-state index contributed by atoms with van der Waals surface area (Å²) >= 11 is 7.51. The van der Waals surface area contributed by atoms with Crippen LogP contribution in [0.1, 0.15) is 5.69 Å². The van der Waals surface area contributed by atoms with Crippen molar-refractivity contribution in [2.24, 2.45) is 0 Å². The van der Waals surface area contributed by atoms with Gasteiger partial charge < -0.3 is 0 Å². The van der Waals surface area contributed by atoms with Crippen molar-refractivity contribution in [2.75, 3.05) is 11.2 Å². The molecule has 0 atom stereocenters. The van der Waals surface area contributed by atoms with Crippen molar-refractivity contribution in [1.82, 2.24) is 19.6 Å². The molecule has 0 saturated carbocycles. The minimum absolute atomic E-state index is 0.134. The molecule has 1 saturated heterocycles. The van der Waals surface area contributed by atoms with Gasteiger partial charge >= 0.3 is 0 Å². The van der Waals surface area contributed by atoms with Crippen LogP contribution in [0.15, 0.2) is 10.9 Å². The first-order chi connectivity index (χ1) is 9.04. The SMILES string of the molecule is Cc1cc(=O)n2nc(NN3C(=O)CSC3=S)sc2n1. The van der Waals surface area contributed by atoms with Crippen LogP contribution in [0.4, 0.5) is 5.13 Å². The molecule has 0 spiro atoms. The lowest BCUT2D eigenvalue weighted by atomic mass is 10.5. The number of rotatable bonds is 2. The molecule has 1 aliphatic heterocycles. The number of fused-ring (bicyclic) bond motifs is 1. The number of nitrogens with zero attached hydrogens (tertiary/aromatic N) is 4. The zero-order chi connectivity index (χ0) is 13.6. The van der Waals surface area contributed by atoms with Gasteiger partial charge in [0.05, 0.1) is 5.75 Å². The van der Waals surface area contributed by atoms with E-state index < -0.39 is 0 Å². The van der Waals surface area contributed by atoms with E-state index in [1.165, 1.54) is 38.7 Å². The van der Waals surface area contributed by atoms with Gasteiger partial charge in [-0.1, -0.05) is 35.3 Å². The Morgan fingerprint density at radius 1 is 1.47 bits per heavy atom. The van der Waals surface area contributed by atoms with Crippen molar-refractivity contribution in [3.8, 4) is 0 Å². The maximum atomic E-state index is 11.7. The summed E-state index contributed by atoms with van der Waals surface area (Å²) in [6.45, 7) is 1.74. The minimum atomic E-state index is -0.253. The normalized spacial score (nSPS) is 15.5. The molecule has 0 aromatic carbocycles. The highest BCUT2D eigenvalue weighted by Crippen LogP contribution is 2.23. The Balaban J connectivity index is 1.98. The minimum Gasteiger partial charge on any atom is -0.272 e. The number of hydrogen-bond acceptors (Lipinski definition) is 8. The fraction of sp³-hybridized carbons (Fsp3) is 0.222. The number of hydrogen-bond donors (Lipinski definition) is 1. The van der Waals surface area contributed by atoms with E-state index in [1.54, 1.807) is 6.92 Å². The van der Waals surface area contributed by atoms with Crippen molar-refractivity contribution in [2.45, 2.75) is 6.92 Å². The summed E-state index contributed by atoms with van der Waals surface area (Å²) in [7, 11) is 0. The average molecular weight is 313 g/mol. The van der Waals surface area contributed by atoms with Gasteiger partial charge in [-0.15, -0.1) is 5.10 Å². The first-order valence-corrected chi connectivity index (χ1v) is 7.39. The number of anilines is 1. The third-order valence-electron chi connectivity index (χ3n) is 2.33. The Morgan fingerprint density at radius 2 is 2.26 bits per heavy atom. The third kappa shape index (κ3) is 2.22. The predicted molar refractivity (Wildman–Crippen MR) is 77.4 cm³/mol. The topological polar surface area (TPSA) is 79.6 Å². The van der Waals surface area contributed by atoms with Gasteiger partial charge in [-0.05, 0) is 6.92 Å². The van der Waals surface area contributed by atoms with Crippen LogP contribution in [0.25, 0.3) is 4.96 Å². The molecule has 0 radical (unpaired) electrons. The summed E-state index contributed by atoms with van der Waals surface area (Å²) in [6.07, 6.45) is 0. The highest BCUT2D eigenvalue weighted by atomic mass is 32.2. The molecule has 19 heavy (non-hydrogen) atoms. The van der Waals surface area contributed by atoms with Gasteiger partial charge in [-0.3, -0.25) is 15.0 Å². The smallest absolute Gasteiger partial charge is 0.272 e. The van der Waals surface area contributed by atoms with Crippen molar-refractivity contribution >= 4 is 55.6 Å². The van der Waals surface area contributed by atoms with Gasteiger partial charge in [0.1, 0.15) is 0 Å². The van der Waals surface area contributed by atoms with Crippen LogP contribution in [0, 0.1) is 6.92 Å². The summed E-state index contributed by atoms with van der Waals surface area (Å²) in [5, 5.41) is 5.73. The van der Waals surface area contributed by atoms with Crippen LogP contribution >= 0.6 is 35.3 Å². The molecule has 3 rings (SSSR count). The number of aryl methyl sites for hydroxylation is 1. The van der Waals surface area contributed by atoms with Crippen molar-refractivity contribution < 1.29 is 4.79 Å². The second kappa shape index (κ2) is 4.54. The standard InChI is InChI=1S/C9H7N5O2S3/c1-4-2-5(15)13-8(10-4)19-7(11-13)12-14-6(16)3-18-9(14)17/h2H,3H2,1H3,(H,11,12). The van der Waals surface area contributed by atoms with E-state index in [2.05, 4.69) is 15.5 Å². The van der Waals surface area contributed by atoms with Crippen LogP contribution in [0.2, 0.25) is 0 Å². The highest BCUT2D eigenvalue weighted by molar-refractivity contribution is 8.23. The Bertz CT molecular complexity index is 736. The fourth-order valence-electron chi connectivity index (χ4n) is 1.52. The number of amides is 1. The van der Waals surface area contributed by atoms with Crippen LogP contribution in [-0.4, -0.2) is 35.6 Å². The summed E-state index contributed by atoms with van der Waals surface area (Å²) in [5.74, 6) is 0.180. The molecule has 0 aliphatic carbocycles. The summed E-state index contributed by atoms with van der Waals surface area (Å²) in [6, 6.07) is 1.40. The first kappa shape index (κ1) is 12.5. The Labute approximate surface area is 120 Å². The van der Waals surface area contributed by atoms with Crippen molar-refractivity contribution in [3.63, 3.8) is 0 Å². The van der Waals surface area contributed by atoms with E-state index in [4.69, 9.17) is 12.2 Å². The number of nitrogens with one attached hydrogen (secondary N) is 1. The van der Waals surface area contributed by atoms with E-state index in [1.807, 2.05) is 0 Å². The zero-order valence-electron chi connectivity index (χ0n) is 9.61. The van der Waals surface area contributed by atoms with Gasteiger partial charge in [0.25, 0.3) is 11.5 Å². The summed E-state index contributed by atoms with van der Waals surface area (Å²) in [4.78, 5) is 28.0. The fourth-order valence-corrected chi connectivity index (χ4v) is 3.34. The zero-order valence-corrected chi connectivity index (χ0v) is 12.1. The second-order valence-corrected chi connectivity index (χ2v) is 6.30. The number of carbonyl (C=O) groups excluding carboxylic acids is 1. The van der Waals surface area contributed by atoms with Crippen LogP contribution in [-0.2, 0) is 4.79 Å². The van der Waals surface area contributed by atoms with Gasteiger partial charge in [-0.25, -0.2) is 9.99 Å². The molecule has 1 fully saturated rings. The molecule has 98 valence electrons. The molecule has 7 nitrogen and oxygen atoms in total. The molecule has 3 heterocycles. The molecule has 2 aromatic heterocycles. The van der Waals surface area contributed by atoms with E-state index in [0.717, 1.165) is 0 Å². The monoisotopic (exact) mass is 313 g/mol. The molecule has 10 heteroatoms. The molecule has 2 aromatic rings. The summed E-state index contributed by atoms with van der Waals surface area (Å²) < 4.78 is 1.64. The number of thiocarbonyl (C=S) groups is 1. The van der Waals surface area contributed by atoms with Gasteiger partial charge in [0.2, 0.25) is 10.1 Å². The maximum Gasteiger partial charge on any atom is 0.275 e. The summed E-state index contributed by atoms with van der Waals surface area (Å²) in [5.41, 5.74) is 3.18. The van der Waals surface area contributed by atoms with E-state index in [0.29, 0.717) is 25.9 Å².